The van der Waals surface area contributed by atoms with E-state index in [0.29, 0.717) is 35.7 Å². The lowest BCUT2D eigenvalue weighted by atomic mass is 10.1. The van der Waals surface area contributed by atoms with E-state index >= 15 is 0 Å². The zero-order chi connectivity index (χ0) is 22.5. The van der Waals surface area contributed by atoms with Crippen LogP contribution in [0.4, 0.5) is 18.9 Å². The van der Waals surface area contributed by atoms with Crippen molar-refractivity contribution in [1.82, 2.24) is 14.8 Å². The number of pyridine rings is 1. The van der Waals surface area contributed by atoms with E-state index in [0.717, 1.165) is 30.5 Å². The summed E-state index contributed by atoms with van der Waals surface area (Å²) in [5.74, 6) is -0.271. The quantitative estimate of drug-likeness (QED) is 0.612. The Kier molecular flexibility index (Phi) is 5.00. The van der Waals surface area contributed by atoms with Gasteiger partial charge in [-0.2, -0.15) is 18.3 Å². The highest BCUT2D eigenvalue weighted by Gasteiger charge is 2.40. The molecule has 3 aromatic rings. The van der Waals surface area contributed by atoms with E-state index in [1.807, 2.05) is 6.07 Å². The molecule has 5 rings (SSSR count). The average molecular weight is 442 g/mol. The molecule has 32 heavy (non-hydrogen) atoms. The number of nitrogens with zero attached hydrogens (tertiary/aromatic N) is 4. The van der Waals surface area contributed by atoms with Crippen LogP contribution in [0.5, 0.6) is 0 Å². The summed E-state index contributed by atoms with van der Waals surface area (Å²) in [6.45, 7) is 0.194. The van der Waals surface area contributed by atoms with Gasteiger partial charge in [0.25, 0.3) is 5.91 Å². The van der Waals surface area contributed by atoms with Gasteiger partial charge in [-0.1, -0.05) is 6.07 Å². The summed E-state index contributed by atoms with van der Waals surface area (Å²) in [6.07, 6.45) is 0.384. The van der Waals surface area contributed by atoms with Crippen LogP contribution >= 0.6 is 0 Å². The first kappa shape index (κ1) is 20.7. The summed E-state index contributed by atoms with van der Waals surface area (Å²) in [5, 5.41) is 3.85. The van der Waals surface area contributed by atoms with E-state index in [4.69, 9.17) is 4.74 Å². The Hall–Kier alpha value is -3.20. The molecule has 9 heteroatoms. The first-order valence-electron chi connectivity index (χ1n) is 10.4. The fourth-order valence-electron chi connectivity index (χ4n) is 4.36. The Labute approximate surface area is 182 Å². The van der Waals surface area contributed by atoms with Gasteiger partial charge in [-0.05, 0) is 49.1 Å². The number of rotatable bonds is 3. The van der Waals surface area contributed by atoms with E-state index in [2.05, 4.69) is 10.1 Å². The minimum Gasteiger partial charge on any atom is -0.376 e. The van der Waals surface area contributed by atoms with Gasteiger partial charge in [0.1, 0.15) is 0 Å². The number of halogens is 3. The zero-order valence-corrected chi connectivity index (χ0v) is 17.4. The van der Waals surface area contributed by atoms with E-state index < -0.39 is 11.9 Å². The second kappa shape index (κ2) is 7.74. The van der Waals surface area contributed by atoms with Crippen molar-refractivity contribution in [3.05, 3.63) is 70.3 Å². The van der Waals surface area contributed by atoms with Crippen LogP contribution in [0, 0.1) is 0 Å². The molecule has 0 spiro atoms. The molecule has 0 fully saturated rings. The van der Waals surface area contributed by atoms with Crippen molar-refractivity contribution < 1.29 is 22.7 Å². The number of fused-ring (bicyclic) bond motifs is 2. The fraction of sp³-hybridized carbons (Fsp3) is 0.348. The fourth-order valence-corrected chi connectivity index (χ4v) is 4.36. The number of aryl methyl sites for hydroxylation is 2. The second-order valence-electron chi connectivity index (χ2n) is 8.05. The molecule has 0 N–H and O–H groups in total. The molecule has 0 saturated heterocycles. The molecule has 1 aliphatic heterocycles. The lowest BCUT2D eigenvalue weighted by Crippen LogP contribution is -2.26. The van der Waals surface area contributed by atoms with Crippen molar-refractivity contribution >= 4 is 11.6 Å². The summed E-state index contributed by atoms with van der Waals surface area (Å²) in [6, 6.07) is 8.50. The molecule has 0 bridgehead atoms. The SMILES string of the molecule is CN(C(=O)c1cccc(-n2nc(C(F)(F)F)c3c2CCOC3)c1)c1cnc2c(c1)CCC2. The number of anilines is 1. The topological polar surface area (TPSA) is 60.2 Å². The Morgan fingerprint density at radius 3 is 2.84 bits per heavy atom. The highest BCUT2D eigenvalue weighted by molar-refractivity contribution is 6.06. The van der Waals surface area contributed by atoms with Gasteiger partial charge in [0.2, 0.25) is 0 Å². The Morgan fingerprint density at radius 1 is 1.19 bits per heavy atom. The lowest BCUT2D eigenvalue weighted by molar-refractivity contribution is -0.142. The number of hydrogen-bond donors (Lipinski definition) is 0. The Balaban J connectivity index is 1.49. The second-order valence-corrected chi connectivity index (χ2v) is 8.05. The van der Waals surface area contributed by atoms with Crippen molar-refractivity contribution in [2.24, 2.45) is 0 Å². The number of aromatic nitrogens is 3. The summed E-state index contributed by atoms with van der Waals surface area (Å²) in [4.78, 5) is 19.1. The van der Waals surface area contributed by atoms with E-state index in [1.54, 1.807) is 37.5 Å². The number of ether oxygens (including phenoxy) is 1. The van der Waals surface area contributed by atoms with Gasteiger partial charge in [-0.15, -0.1) is 0 Å². The standard InChI is InChI=1S/C23H21F3N4O2/c1-29(17-10-14-4-3-7-19(14)27-12-17)22(31)15-5-2-6-16(11-15)30-20-8-9-32-13-18(20)21(28-30)23(24,25)26/h2,5-6,10-12H,3-4,7-9,13H2,1H3. The molecular formula is C23H21F3N4O2. The number of amides is 1. The number of hydrogen-bond acceptors (Lipinski definition) is 4. The molecule has 2 aliphatic rings. The molecule has 6 nitrogen and oxygen atoms in total. The number of alkyl halides is 3. The van der Waals surface area contributed by atoms with Gasteiger partial charge in [0, 0.05) is 30.3 Å². The van der Waals surface area contributed by atoms with Crippen molar-refractivity contribution in [3.8, 4) is 5.69 Å². The van der Waals surface area contributed by atoms with Crippen LogP contribution in [0.1, 0.15) is 45.0 Å². The van der Waals surface area contributed by atoms with Crippen molar-refractivity contribution in [2.45, 2.75) is 38.5 Å². The molecule has 1 aliphatic carbocycles. The molecule has 0 atom stereocenters. The highest BCUT2D eigenvalue weighted by Crippen LogP contribution is 2.35. The van der Waals surface area contributed by atoms with Gasteiger partial charge < -0.3 is 9.64 Å². The predicted molar refractivity (Wildman–Crippen MR) is 111 cm³/mol. The maximum Gasteiger partial charge on any atom is 0.435 e. The number of benzene rings is 1. The van der Waals surface area contributed by atoms with Crippen LogP contribution in [0.15, 0.2) is 36.5 Å². The molecule has 166 valence electrons. The minimum absolute atomic E-state index is 0.0572. The smallest absolute Gasteiger partial charge is 0.376 e. The lowest BCUT2D eigenvalue weighted by Gasteiger charge is -2.19. The molecule has 1 aromatic carbocycles. The molecule has 0 radical (unpaired) electrons. The van der Waals surface area contributed by atoms with Crippen molar-refractivity contribution in [2.75, 3.05) is 18.6 Å². The van der Waals surface area contributed by atoms with E-state index in [1.165, 1.54) is 9.58 Å². The third-order valence-corrected chi connectivity index (χ3v) is 6.02. The summed E-state index contributed by atoms with van der Waals surface area (Å²) in [7, 11) is 1.67. The average Bonchev–Trinajstić information content (AvgIpc) is 3.42. The van der Waals surface area contributed by atoms with Crippen LogP contribution in [0.3, 0.4) is 0 Å². The third-order valence-electron chi connectivity index (χ3n) is 6.02. The molecule has 0 saturated carbocycles. The van der Waals surface area contributed by atoms with Gasteiger partial charge in [-0.3, -0.25) is 9.78 Å². The first-order valence-corrected chi connectivity index (χ1v) is 10.4. The van der Waals surface area contributed by atoms with Crippen molar-refractivity contribution in [3.63, 3.8) is 0 Å². The monoisotopic (exact) mass is 442 g/mol. The summed E-state index contributed by atoms with van der Waals surface area (Å²) < 4.78 is 47.0. The summed E-state index contributed by atoms with van der Waals surface area (Å²) in [5.41, 5.74) is 3.26. The molecular weight excluding hydrogens is 421 g/mol. The Morgan fingerprint density at radius 2 is 2.03 bits per heavy atom. The van der Waals surface area contributed by atoms with Gasteiger partial charge >= 0.3 is 6.18 Å². The molecule has 1 amide bonds. The Bertz CT molecular complexity index is 1200. The van der Waals surface area contributed by atoms with Gasteiger partial charge in [0.05, 0.1) is 36.5 Å². The van der Waals surface area contributed by atoms with Crippen molar-refractivity contribution in [1.29, 1.82) is 0 Å². The van der Waals surface area contributed by atoms with Crippen LogP contribution in [-0.4, -0.2) is 34.3 Å². The van der Waals surface area contributed by atoms with Gasteiger partial charge in [0.15, 0.2) is 5.69 Å². The van der Waals surface area contributed by atoms with Crippen LogP contribution in [-0.2, 0) is 36.8 Å². The third kappa shape index (κ3) is 3.56. The highest BCUT2D eigenvalue weighted by atomic mass is 19.4. The van der Waals surface area contributed by atoms with Crippen LogP contribution < -0.4 is 4.90 Å². The first-order chi connectivity index (χ1) is 15.3. The molecule has 0 unspecified atom stereocenters. The number of carbonyl (C=O) groups excluding carboxylic acids is 1. The van der Waals surface area contributed by atoms with Crippen LogP contribution in [0.25, 0.3) is 5.69 Å². The zero-order valence-electron chi connectivity index (χ0n) is 17.4. The minimum atomic E-state index is -4.58. The van der Waals surface area contributed by atoms with Crippen LogP contribution in [0.2, 0.25) is 0 Å². The maximum absolute atomic E-state index is 13.5. The largest absolute Gasteiger partial charge is 0.435 e. The predicted octanol–water partition coefficient (Wildman–Crippen LogP) is 4.12. The number of carbonyl (C=O) groups is 1. The normalized spacial score (nSPS) is 15.4. The maximum atomic E-state index is 13.5. The van der Waals surface area contributed by atoms with E-state index in [-0.39, 0.29) is 18.1 Å². The van der Waals surface area contributed by atoms with E-state index in [9.17, 15) is 18.0 Å². The molecule has 3 heterocycles. The molecule has 2 aromatic heterocycles. The van der Waals surface area contributed by atoms with Gasteiger partial charge in [-0.25, -0.2) is 4.68 Å². The summed E-state index contributed by atoms with van der Waals surface area (Å²) >= 11 is 0.